The number of carbonyl (C=O) groups is 1. The van der Waals surface area contributed by atoms with Gasteiger partial charge in [-0.2, -0.15) is 0 Å². The number of hydrogen-bond acceptors (Lipinski definition) is 3. The van der Waals surface area contributed by atoms with Crippen LogP contribution < -0.4 is 5.73 Å². The Bertz CT molecular complexity index is 351. The molecule has 3 nitrogen and oxygen atoms in total. The Hall–Kier alpha value is -1.19. The lowest BCUT2D eigenvalue weighted by Crippen LogP contribution is -2.23. The molecule has 2 atom stereocenters. The molecule has 100 valence electrons. The van der Waals surface area contributed by atoms with Crippen molar-refractivity contribution < 1.29 is 9.53 Å². The van der Waals surface area contributed by atoms with Crippen LogP contribution in [0.4, 0.5) is 0 Å². The van der Waals surface area contributed by atoms with Crippen molar-refractivity contribution >= 4 is 5.78 Å². The molecule has 0 aliphatic heterocycles. The third-order valence-electron chi connectivity index (χ3n) is 2.97. The zero-order valence-electron chi connectivity index (χ0n) is 11.3. The SMILES string of the molecule is CC(COCc1ccccc1)CC(=O)C(C)CN. The molecule has 0 amide bonds. The van der Waals surface area contributed by atoms with Gasteiger partial charge in [0.2, 0.25) is 0 Å². The molecule has 0 fully saturated rings. The van der Waals surface area contributed by atoms with Crippen molar-refractivity contribution in [2.75, 3.05) is 13.2 Å². The molecule has 1 aromatic carbocycles. The van der Waals surface area contributed by atoms with E-state index in [1.807, 2.05) is 44.2 Å². The van der Waals surface area contributed by atoms with E-state index < -0.39 is 0 Å². The topological polar surface area (TPSA) is 52.3 Å². The maximum Gasteiger partial charge on any atom is 0.137 e. The smallest absolute Gasteiger partial charge is 0.137 e. The number of rotatable bonds is 8. The molecular weight excluding hydrogens is 226 g/mol. The number of benzene rings is 1. The van der Waals surface area contributed by atoms with Crippen molar-refractivity contribution in [3.05, 3.63) is 35.9 Å². The second-order valence-corrected chi connectivity index (χ2v) is 4.91. The molecular formula is C15H23NO2. The zero-order chi connectivity index (χ0) is 13.4. The molecule has 3 heteroatoms. The highest BCUT2D eigenvalue weighted by atomic mass is 16.5. The highest BCUT2D eigenvalue weighted by Crippen LogP contribution is 2.10. The van der Waals surface area contributed by atoms with Crippen LogP contribution in [0.25, 0.3) is 0 Å². The molecule has 0 spiro atoms. The lowest BCUT2D eigenvalue weighted by molar-refractivity contribution is -0.123. The number of Topliss-reactive ketones (excluding diaryl/α,β-unsaturated/α-hetero) is 1. The molecule has 18 heavy (non-hydrogen) atoms. The van der Waals surface area contributed by atoms with Gasteiger partial charge in [-0.05, 0) is 11.5 Å². The molecule has 0 aliphatic rings. The van der Waals surface area contributed by atoms with Crippen molar-refractivity contribution in [1.29, 1.82) is 0 Å². The summed E-state index contributed by atoms with van der Waals surface area (Å²) in [6.45, 7) is 5.55. The highest BCUT2D eigenvalue weighted by molar-refractivity contribution is 5.81. The van der Waals surface area contributed by atoms with Crippen LogP contribution in [-0.2, 0) is 16.1 Å². The molecule has 0 heterocycles. The molecule has 0 saturated carbocycles. The average Bonchev–Trinajstić information content (AvgIpc) is 2.38. The second-order valence-electron chi connectivity index (χ2n) is 4.91. The number of ketones is 1. The van der Waals surface area contributed by atoms with Gasteiger partial charge < -0.3 is 10.5 Å². The summed E-state index contributed by atoms with van der Waals surface area (Å²) < 4.78 is 5.61. The molecule has 0 radical (unpaired) electrons. The Morgan fingerprint density at radius 2 is 1.94 bits per heavy atom. The van der Waals surface area contributed by atoms with E-state index in [2.05, 4.69) is 0 Å². The van der Waals surface area contributed by atoms with Crippen LogP contribution in [0.2, 0.25) is 0 Å². The summed E-state index contributed by atoms with van der Waals surface area (Å²) in [5, 5.41) is 0. The quantitative estimate of drug-likeness (QED) is 0.769. The predicted octanol–water partition coefficient (Wildman–Crippen LogP) is 2.39. The third kappa shape index (κ3) is 5.43. The molecule has 0 aromatic heterocycles. The maximum absolute atomic E-state index is 11.7. The Morgan fingerprint density at radius 1 is 1.28 bits per heavy atom. The van der Waals surface area contributed by atoms with E-state index in [1.165, 1.54) is 0 Å². The van der Waals surface area contributed by atoms with Crippen LogP contribution in [0.3, 0.4) is 0 Å². The van der Waals surface area contributed by atoms with Gasteiger partial charge in [-0.25, -0.2) is 0 Å². The van der Waals surface area contributed by atoms with Gasteiger partial charge in [-0.15, -0.1) is 0 Å². The second kappa shape index (κ2) is 8.01. The number of hydrogen-bond donors (Lipinski definition) is 1. The summed E-state index contributed by atoms with van der Waals surface area (Å²) in [6, 6.07) is 10.0. The van der Waals surface area contributed by atoms with Crippen LogP contribution in [0.5, 0.6) is 0 Å². The number of nitrogens with two attached hydrogens (primary N) is 1. The van der Waals surface area contributed by atoms with Crippen LogP contribution in [-0.4, -0.2) is 18.9 Å². The van der Waals surface area contributed by atoms with Crippen molar-refractivity contribution in [1.82, 2.24) is 0 Å². The van der Waals surface area contributed by atoms with Gasteiger partial charge in [0.25, 0.3) is 0 Å². The van der Waals surface area contributed by atoms with E-state index in [-0.39, 0.29) is 17.6 Å². The summed E-state index contributed by atoms with van der Waals surface area (Å²) in [6.07, 6.45) is 0.549. The van der Waals surface area contributed by atoms with Crippen molar-refractivity contribution in [3.63, 3.8) is 0 Å². The first-order valence-electron chi connectivity index (χ1n) is 6.48. The minimum Gasteiger partial charge on any atom is -0.376 e. The van der Waals surface area contributed by atoms with E-state index in [1.54, 1.807) is 0 Å². The lowest BCUT2D eigenvalue weighted by Gasteiger charge is -2.14. The summed E-state index contributed by atoms with van der Waals surface area (Å²) in [5.74, 6) is 0.435. The molecule has 0 bridgehead atoms. The van der Waals surface area contributed by atoms with Crippen LogP contribution >= 0.6 is 0 Å². The van der Waals surface area contributed by atoms with E-state index in [0.717, 1.165) is 5.56 Å². The van der Waals surface area contributed by atoms with Crippen molar-refractivity contribution in [2.24, 2.45) is 17.6 Å². The van der Waals surface area contributed by atoms with E-state index >= 15 is 0 Å². The molecule has 2 unspecified atom stereocenters. The zero-order valence-corrected chi connectivity index (χ0v) is 11.3. The maximum atomic E-state index is 11.7. The van der Waals surface area contributed by atoms with E-state index in [9.17, 15) is 4.79 Å². The fourth-order valence-corrected chi connectivity index (χ4v) is 1.69. The standard InChI is InChI=1S/C15H23NO2/c1-12(8-15(17)13(2)9-16)10-18-11-14-6-4-3-5-7-14/h3-7,12-13H,8-11,16H2,1-2H3. The summed E-state index contributed by atoms with van der Waals surface area (Å²) in [7, 11) is 0. The minimum atomic E-state index is -0.0402. The third-order valence-corrected chi connectivity index (χ3v) is 2.97. The normalized spacial score (nSPS) is 14.2. The van der Waals surface area contributed by atoms with Crippen LogP contribution in [0, 0.1) is 11.8 Å². The van der Waals surface area contributed by atoms with E-state index in [4.69, 9.17) is 10.5 Å². The van der Waals surface area contributed by atoms with Gasteiger partial charge in [0.1, 0.15) is 5.78 Å². The molecule has 2 N–H and O–H groups in total. The number of carbonyl (C=O) groups excluding carboxylic acids is 1. The van der Waals surface area contributed by atoms with Gasteiger partial charge in [0.15, 0.2) is 0 Å². The Balaban J connectivity index is 2.21. The molecule has 0 aliphatic carbocycles. The minimum absolute atomic E-state index is 0.0402. The first-order valence-corrected chi connectivity index (χ1v) is 6.48. The Kier molecular flexibility index (Phi) is 6.61. The van der Waals surface area contributed by atoms with Gasteiger partial charge in [-0.3, -0.25) is 4.79 Å². The summed E-state index contributed by atoms with van der Waals surface area (Å²) in [4.78, 5) is 11.7. The van der Waals surface area contributed by atoms with Gasteiger partial charge in [-0.1, -0.05) is 44.2 Å². The van der Waals surface area contributed by atoms with Gasteiger partial charge >= 0.3 is 0 Å². The van der Waals surface area contributed by atoms with Crippen LogP contribution in [0.15, 0.2) is 30.3 Å². The van der Waals surface area contributed by atoms with Crippen molar-refractivity contribution in [3.8, 4) is 0 Å². The predicted molar refractivity (Wildman–Crippen MR) is 73.1 cm³/mol. The average molecular weight is 249 g/mol. The largest absolute Gasteiger partial charge is 0.376 e. The Morgan fingerprint density at radius 3 is 2.56 bits per heavy atom. The van der Waals surface area contributed by atoms with E-state index in [0.29, 0.717) is 26.2 Å². The molecule has 1 aromatic rings. The summed E-state index contributed by atoms with van der Waals surface area (Å²) >= 11 is 0. The van der Waals surface area contributed by atoms with Gasteiger partial charge in [0.05, 0.1) is 6.61 Å². The summed E-state index contributed by atoms with van der Waals surface area (Å²) in [5.41, 5.74) is 6.63. The molecule has 1 rings (SSSR count). The van der Waals surface area contributed by atoms with Gasteiger partial charge in [0, 0.05) is 25.5 Å². The fraction of sp³-hybridized carbons (Fsp3) is 0.533. The highest BCUT2D eigenvalue weighted by Gasteiger charge is 2.14. The molecule has 0 saturated heterocycles. The fourth-order valence-electron chi connectivity index (χ4n) is 1.69. The van der Waals surface area contributed by atoms with Crippen LogP contribution in [0.1, 0.15) is 25.8 Å². The lowest BCUT2D eigenvalue weighted by atomic mass is 9.97. The first kappa shape index (κ1) is 14.9. The number of ether oxygens (including phenoxy) is 1. The first-order chi connectivity index (χ1) is 8.63. The Labute approximate surface area is 109 Å². The van der Waals surface area contributed by atoms with Crippen molar-refractivity contribution in [2.45, 2.75) is 26.9 Å². The monoisotopic (exact) mass is 249 g/mol.